The summed E-state index contributed by atoms with van der Waals surface area (Å²) in [5, 5.41) is 3.31. The van der Waals surface area contributed by atoms with Crippen LogP contribution in [0, 0.1) is 0 Å². The highest BCUT2D eigenvalue weighted by molar-refractivity contribution is 7.92. The lowest BCUT2D eigenvalue weighted by Gasteiger charge is -2.10. The SMILES string of the molecule is CCOc1ccc(NS(=O)(=O)c2ccc3c(c2)C[C@@H](C)N3)cc1. The molecule has 0 saturated carbocycles. The molecule has 6 heteroatoms. The minimum absolute atomic E-state index is 0.279. The second-order valence-corrected chi connectivity index (χ2v) is 7.31. The number of fused-ring (bicyclic) bond motifs is 1. The van der Waals surface area contributed by atoms with Crippen molar-refractivity contribution in [2.24, 2.45) is 0 Å². The maximum Gasteiger partial charge on any atom is 0.261 e. The highest BCUT2D eigenvalue weighted by Crippen LogP contribution is 2.29. The van der Waals surface area contributed by atoms with Crippen LogP contribution in [0.4, 0.5) is 11.4 Å². The van der Waals surface area contributed by atoms with Gasteiger partial charge in [0.2, 0.25) is 0 Å². The molecule has 5 nitrogen and oxygen atoms in total. The molecule has 2 aromatic rings. The van der Waals surface area contributed by atoms with Crippen molar-refractivity contribution in [3.63, 3.8) is 0 Å². The van der Waals surface area contributed by atoms with Gasteiger partial charge in [-0.05, 0) is 68.3 Å². The molecule has 1 aliphatic rings. The van der Waals surface area contributed by atoms with Gasteiger partial charge in [0.25, 0.3) is 10.0 Å². The van der Waals surface area contributed by atoms with E-state index >= 15 is 0 Å². The predicted molar refractivity (Wildman–Crippen MR) is 91.7 cm³/mol. The summed E-state index contributed by atoms with van der Waals surface area (Å²) >= 11 is 0. The smallest absolute Gasteiger partial charge is 0.261 e. The topological polar surface area (TPSA) is 67.4 Å². The number of benzene rings is 2. The van der Waals surface area contributed by atoms with Gasteiger partial charge in [0.15, 0.2) is 0 Å². The van der Waals surface area contributed by atoms with Crippen molar-refractivity contribution in [1.29, 1.82) is 0 Å². The van der Waals surface area contributed by atoms with Crippen LogP contribution in [0.15, 0.2) is 47.4 Å². The molecule has 0 fully saturated rings. The van der Waals surface area contributed by atoms with Crippen molar-refractivity contribution in [2.45, 2.75) is 31.2 Å². The number of hydrogen-bond donors (Lipinski definition) is 2. The van der Waals surface area contributed by atoms with E-state index in [9.17, 15) is 8.42 Å². The van der Waals surface area contributed by atoms with E-state index in [0.29, 0.717) is 24.1 Å². The summed E-state index contributed by atoms with van der Waals surface area (Å²) in [6.07, 6.45) is 0.835. The van der Waals surface area contributed by atoms with Crippen molar-refractivity contribution in [1.82, 2.24) is 0 Å². The molecule has 0 saturated heterocycles. The van der Waals surface area contributed by atoms with Gasteiger partial charge in [0, 0.05) is 17.4 Å². The van der Waals surface area contributed by atoms with Crippen molar-refractivity contribution in [3.05, 3.63) is 48.0 Å². The predicted octanol–water partition coefficient (Wildman–Crippen LogP) is 3.24. The van der Waals surface area contributed by atoms with Crippen LogP contribution in [0.5, 0.6) is 5.75 Å². The average Bonchev–Trinajstić information content (AvgIpc) is 2.88. The lowest BCUT2D eigenvalue weighted by molar-refractivity contribution is 0.340. The fourth-order valence-electron chi connectivity index (χ4n) is 2.69. The van der Waals surface area contributed by atoms with Crippen molar-refractivity contribution in [2.75, 3.05) is 16.6 Å². The summed E-state index contributed by atoms with van der Waals surface area (Å²) < 4.78 is 33.0. The number of ether oxygens (including phenoxy) is 1. The van der Waals surface area contributed by atoms with Gasteiger partial charge in [-0.1, -0.05) is 0 Å². The Morgan fingerprint density at radius 2 is 1.96 bits per heavy atom. The lowest BCUT2D eigenvalue weighted by Crippen LogP contribution is -2.13. The highest BCUT2D eigenvalue weighted by Gasteiger charge is 2.21. The molecule has 0 spiro atoms. The first-order valence-corrected chi connectivity index (χ1v) is 9.11. The van der Waals surface area contributed by atoms with Crippen LogP contribution in [0.2, 0.25) is 0 Å². The fraction of sp³-hybridized carbons (Fsp3) is 0.294. The molecular formula is C17H20N2O3S. The number of sulfonamides is 1. The monoisotopic (exact) mass is 332 g/mol. The van der Waals surface area contributed by atoms with Crippen molar-refractivity contribution < 1.29 is 13.2 Å². The zero-order valence-corrected chi connectivity index (χ0v) is 14.0. The van der Waals surface area contributed by atoms with E-state index in [0.717, 1.165) is 17.7 Å². The molecule has 2 N–H and O–H groups in total. The van der Waals surface area contributed by atoms with Gasteiger partial charge < -0.3 is 10.1 Å². The Bertz CT molecular complexity index is 801. The molecule has 0 radical (unpaired) electrons. The van der Waals surface area contributed by atoms with Gasteiger partial charge in [-0.15, -0.1) is 0 Å². The minimum Gasteiger partial charge on any atom is -0.494 e. The third-order valence-corrected chi connectivity index (χ3v) is 5.11. The van der Waals surface area contributed by atoms with Crippen LogP contribution in [0.1, 0.15) is 19.4 Å². The Morgan fingerprint density at radius 1 is 1.22 bits per heavy atom. The van der Waals surface area contributed by atoms with E-state index in [2.05, 4.69) is 17.0 Å². The molecule has 0 amide bonds. The summed E-state index contributed by atoms with van der Waals surface area (Å²) in [5.41, 5.74) is 2.56. The van der Waals surface area contributed by atoms with Gasteiger partial charge >= 0.3 is 0 Å². The van der Waals surface area contributed by atoms with Gasteiger partial charge in [-0.25, -0.2) is 8.42 Å². The van der Waals surface area contributed by atoms with Crippen molar-refractivity contribution in [3.8, 4) is 5.75 Å². The number of rotatable bonds is 5. The van der Waals surface area contributed by atoms with Crippen LogP contribution < -0.4 is 14.8 Å². The van der Waals surface area contributed by atoms with E-state index in [1.165, 1.54) is 0 Å². The normalized spacial score (nSPS) is 16.5. The zero-order chi connectivity index (χ0) is 16.4. The van der Waals surface area contributed by atoms with Gasteiger partial charge in [0.05, 0.1) is 11.5 Å². The van der Waals surface area contributed by atoms with E-state index in [4.69, 9.17) is 4.74 Å². The lowest BCUT2D eigenvalue weighted by atomic mass is 10.1. The number of anilines is 2. The summed E-state index contributed by atoms with van der Waals surface area (Å²) in [6.45, 7) is 4.55. The van der Waals surface area contributed by atoms with Gasteiger partial charge in [-0.2, -0.15) is 0 Å². The fourth-order valence-corrected chi connectivity index (χ4v) is 3.80. The van der Waals surface area contributed by atoms with E-state index in [1.807, 2.05) is 13.0 Å². The quantitative estimate of drug-likeness (QED) is 0.882. The maximum absolute atomic E-state index is 12.5. The molecule has 2 aromatic carbocycles. The minimum atomic E-state index is -3.60. The highest BCUT2D eigenvalue weighted by atomic mass is 32.2. The summed E-state index contributed by atoms with van der Waals surface area (Å²) in [4.78, 5) is 0.279. The van der Waals surface area contributed by atoms with Gasteiger partial charge in [0.1, 0.15) is 5.75 Å². The number of hydrogen-bond acceptors (Lipinski definition) is 4. The molecule has 122 valence electrons. The molecule has 23 heavy (non-hydrogen) atoms. The standard InChI is InChI=1S/C17H20N2O3S/c1-3-22-15-6-4-14(5-7-15)19-23(20,21)16-8-9-17-13(11-16)10-12(2)18-17/h4-9,11-12,18-19H,3,10H2,1-2H3/t12-/m1/s1. The Morgan fingerprint density at radius 3 is 2.65 bits per heavy atom. The average molecular weight is 332 g/mol. The van der Waals surface area contributed by atoms with E-state index in [-0.39, 0.29) is 4.90 Å². The molecule has 1 aliphatic heterocycles. The first kappa shape index (κ1) is 15.7. The molecule has 1 heterocycles. The Kier molecular flexibility index (Phi) is 4.17. The number of nitrogens with one attached hydrogen (secondary N) is 2. The Labute approximate surface area is 136 Å². The molecule has 1 atom stereocenters. The summed E-state index contributed by atoms with van der Waals surface area (Å²) in [7, 11) is -3.60. The molecular weight excluding hydrogens is 312 g/mol. The summed E-state index contributed by atoms with van der Waals surface area (Å²) in [5.74, 6) is 0.716. The van der Waals surface area contributed by atoms with Crippen LogP contribution >= 0.6 is 0 Å². The van der Waals surface area contributed by atoms with Crippen LogP contribution in [0.25, 0.3) is 0 Å². The molecule has 0 aliphatic carbocycles. The molecule has 3 rings (SSSR count). The third kappa shape index (κ3) is 3.42. The first-order chi connectivity index (χ1) is 11.0. The maximum atomic E-state index is 12.5. The zero-order valence-electron chi connectivity index (χ0n) is 13.2. The van der Waals surface area contributed by atoms with Crippen molar-refractivity contribution >= 4 is 21.4 Å². The second-order valence-electron chi connectivity index (χ2n) is 5.63. The van der Waals surface area contributed by atoms with Gasteiger partial charge in [-0.3, -0.25) is 4.72 Å². The van der Waals surface area contributed by atoms with Crippen LogP contribution in [0.3, 0.4) is 0 Å². The Hall–Kier alpha value is -2.21. The van der Waals surface area contributed by atoms with Crippen LogP contribution in [-0.4, -0.2) is 21.1 Å². The molecule has 0 bridgehead atoms. The molecule has 0 aromatic heterocycles. The Balaban J connectivity index is 1.80. The third-order valence-electron chi connectivity index (χ3n) is 3.73. The molecule has 0 unspecified atom stereocenters. The van der Waals surface area contributed by atoms with E-state index in [1.54, 1.807) is 36.4 Å². The van der Waals surface area contributed by atoms with E-state index < -0.39 is 10.0 Å². The summed E-state index contributed by atoms with van der Waals surface area (Å²) in [6, 6.07) is 12.4. The van der Waals surface area contributed by atoms with Crippen LogP contribution in [-0.2, 0) is 16.4 Å². The largest absolute Gasteiger partial charge is 0.494 e. The second kappa shape index (κ2) is 6.12. The first-order valence-electron chi connectivity index (χ1n) is 7.63.